The first kappa shape index (κ1) is 24.5. The fraction of sp³-hybridized carbons (Fsp3) is 0.0870. The molecule has 12 heteroatoms. The summed E-state index contributed by atoms with van der Waals surface area (Å²) in [5, 5.41) is 13.9. The summed E-state index contributed by atoms with van der Waals surface area (Å²) < 4.78 is 20.7. The Bertz CT molecular complexity index is 1410. The number of aromatic nitrogens is 3. The van der Waals surface area contributed by atoms with E-state index in [-0.39, 0.29) is 34.3 Å². The molecule has 0 saturated heterocycles. The molecule has 8 nitrogen and oxygen atoms in total. The lowest BCUT2D eigenvalue weighted by molar-refractivity contribution is -0.113. The van der Waals surface area contributed by atoms with E-state index in [1.54, 1.807) is 34.9 Å². The van der Waals surface area contributed by atoms with Gasteiger partial charge in [-0.3, -0.25) is 9.59 Å². The molecule has 178 valence electrons. The van der Waals surface area contributed by atoms with Crippen LogP contribution in [0.3, 0.4) is 0 Å². The molecular formula is C23H18FN5O3S3. The van der Waals surface area contributed by atoms with Crippen LogP contribution in [0.15, 0.2) is 76.9 Å². The van der Waals surface area contributed by atoms with Crippen molar-refractivity contribution in [1.29, 1.82) is 0 Å². The molecule has 0 radical (unpaired) electrons. The van der Waals surface area contributed by atoms with Crippen LogP contribution < -0.4 is 10.6 Å². The molecule has 0 bridgehead atoms. The number of nitrogens with zero attached hydrogens (tertiary/aromatic N) is 3. The molecule has 0 fully saturated rings. The van der Waals surface area contributed by atoms with Crippen LogP contribution in [0.4, 0.5) is 15.1 Å². The number of benzene rings is 2. The lowest BCUT2D eigenvalue weighted by Gasteiger charge is -2.10. The Labute approximate surface area is 212 Å². The first-order valence-corrected chi connectivity index (χ1v) is 12.4. The molecule has 4 rings (SSSR count). The standard InChI is InChI=1S/C23H18FN5O3S3/c1-2-12-29-18(19(31)25-16-6-4-3-5-7-16)21(35-23(29)33)26-17(30)13-34-22-28-27-20(32-22)14-8-10-15(24)11-9-14/h2-11H,1,12-13H2,(H,25,31)(H,26,30). The van der Waals surface area contributed by atoms with Crippen LogP contribution in [0.1, 0.15) is 10.5 Å². The number of nitrogens with one attached hydrogen (secondary N) is 2. The number of halogens is 1. The summed E-state index contributed by atoms with van der Waals surface area (Å²) in [6.07, 6.45) is 1.62. The Hall–Kier alpha value is -3.61. The van der Waals surface area contributed by atoms with Crippen molar-refractivity contribution in [3.8, 4) is 11.5 Å². The molecule has 2 amide bonds. The van der Waals surface area contributed by atoms with E-state index in [1.807, 2.05) is 6.07 Å². The van der Waals surface area contributed by atoms with Gasteiger partial charge >= 0.3 is 0 Å². The predicted octanol–water partition coefficient (Wildman–Crippen LogP) is 5.64. The van der Waals surface area contributed by atoms with E-state index >= 15 is 0 Å². The largest absolute Gasteiger partial charge is 0.411 e. The number of thiazole rings is 1. The Morgan fingerprint density at radius 3 is 2.60 bits per heavy atom. The summed E-state index contributed by atoms with van der Waals surface area (Å²) in [4.78, 5) is 25.7. The third kappa shape index (κ3) is 6.10. The van der Waals surface area contributed by atoms with Gasteiger partial charge in [-0.25, -0.2) is 4.39 Å². The van der Waals surface area contributed by atoms with Gasteiger partial charge < -0.3 is 19.6 Å². The number of para-hydroxylation sites is 1. The lowest BCUT2D eigenvalue weighted by atomic mass is 10.2. The van der Waals surface area contributed by atoms with Crippen molar-refractivity contribution in [1.82, 2.24) is 14.8 Å². The summed E-state index contributed by atoms with van der Waals surface area (Å²) in [6, 6.07) is 14.6. The number of hydrogen-bond acceptors (Lipinski definition) is 8. The van der Waals surface area contributed by atoms with Gasteiger partial charge in [0.2, 0.25) is 11.8 Å². The third-order valence-corrected chi connectivity index (χ3v) is 6.71. The monoisotopic (exact) mass is 527 g/mol. The highest BCUT2D eigenvalue weighted by molar-refractivity contribution is 7.99. The normalized spacial score (nSPS) is 10.7. The molecule has 0 aliphatic heterocycles. The molecule has 0 aliphatic rings. The number of anilines is 2. The Kier molecular flexibility index (Phi) is 7.85. The van der Waals surface area contributed by atoms with Crippen LogP contribution in [0, 0.1) is 9.77 Å². The number of carbonyl (C=O) groups excluding carboxylic acids is 2. The SMILES string of the molecule is C=CCn1c(C(=O)Nc2ccccc2)c(NC(=O)CSc2nnc(-c3ccc(F)cc3)o2)sc1=S. The molecule has 2 heterocycles. The molecule has 0 saturated carbocycles. The minimum absolute atomic E-state index is 0.0447. The van der Waals surface area contributed by atoms with Gasteiger partial charge in [-0.15, -0.1) is 16.8 Å². The molecule has 2 aromatic heterocycles. The second-order valence-corrected chi connectivity index (χ2v) is 9.55. The quantitative estimate of drug-likeness (QED) is 0.165. The van der Waals surface area contributed by atoms with Crippen LogP contribution in [-0.2, 0) is 11.3 Å². The third-order valence-electron chi connectivity index (χ3n) is 4.53. The van der Waals surface area contributed by atoms with Crippen molar-refractivity contribution in [2.75, 3.05) is 16.4 Å². The maximum absolute atomic E-state index is 13.1. The maximum Gasteiger partial charge on any atom is 0.277 e. The smallest absolute Gasteiger partial charge is 0.277 e. The summed E-state index contributed by atoms with van der Waals surface area (Å²) >= 11 is 7.55. The molecule has 0 atom stereocenters. The van der Waals surface area contributed by atoms with E-state index in [0.717, 1.165) is 23.1 Å². The second kappa shape index (κ2) is 11.2. The highest BCUT2D eigenvalue weighted by atomic mass is 32.2. The Balaban J connectivity index is 1.45. The van der Waals surface area contributed by atoms with Crippen LogP contribution >= 0.6 is 35.3 Å². The highest BCUT2D eigenvalue weighted by Gasteiger charge is 2.22. The summed E-state index contributed by atoms with van der Waals surface area (Å²) in [5.74, 6) is -0.994. The number of rotatable bonds is 9. The summed E-state index contributed by atoms with van der Waals surface area (Å²) in [6.45, 7) is 4.03. The highest BCUT2D eigenvalue weighted by Crippen LogP contribution is 2.28. The number of hydrogen-bond donors (Lipinski definition) is 2. The van der Waals surface area contributed by atoms with E-state index in [0.29, 0.717) is 26.8 Å². The van der Waals surface area contributed by atoms with E-state index in [1.165, 1.54) is 24.3 Å². The van der Waals surface area contributed by atoms with Gasteiger partial charge in [0.15, 0.2) is 3.95 Å². The van der Waals surface area contributed by atoms with Crippen molar-refractivity contribution >= 4 is 57.8 Å². The molecule has 0 aliphatic carbocycles. The number of carbonyl (C=O) groups is 2. The Morgan fingerprint density at radius 1 is 1.14 bits per heavy atom. The van der Waals surface area contributed by atoms with Crippen LogP contribution in [0.5, 0.6) is 0 Å². The zero-order valence-electron chi connectivity index (χ0n) is 18.1. The second-order valence-electron chi connectivity index (χ2n) is 6.98. The van der Waals surface area contributed by atoms with E-state index in [4.69, 9.17) is 16.6 Å². The average Bonchev–Trinajstić information content (AvgIpc) is 3.44. The van der Waals surface area contributed by atoms with Crippen LogP contribution in [0.25, 0.3) is 11.5 Å². The number of allylic oxidation sites excluding steroid dienone is 1. The van der Waals surface area contributed by atoms with Gasteiger partial charge in [-0.2, -0.15) is 0 Å². The molecule has 0 unspecified atom stereocenters. The first-order valence-electron chi connectivity index (χ1n) is 10.2. The topological polar surface area (TPSA) is 102 Å². The van der Waals surface area contributed by atoms with Gasteiger partial charge in [-0.05, 0) is 48.6 Å². The van der Waals surface area contributed by atoms with Crippen molar-refractivity contribution in [3.05, 3.63) is 82.7 Å². The van der Waals surface area contributed by atoms with Gasteiger partial charge in [-0.1, -0.05) is 47.4 Å². The van der Waals surface area contributed by atoms with Gasteiger partial charge in [0.1, 0.15) is 16.5 Å². The zero-order valence-corrected chi connectivity index (χ0v) is 20.5. The van der Waals surface area contributed by atoms with Crippen LogP contribution in [0.2, 0.25) is 0 Å². The van der Waals surface area contributed by atoms with E-state index in [2.05, 4.69) is 27.4 Å². The summed E-state index contributed by atoms with van der Waals surface area (Å²) in [7, 11) is 0. The van der Waals surface area contributed by atoms with Crippen molar-refractivity contribution in [2.45, 2.75) is 11.8 Å². The summed E-state index contributed by atoms with van der Waals surface area (Å²) in [5.41, 5.74) is 1.41. The van der Waals surface area contributed by atoms with E-state index < -0.39 is 5.91 Å². The van der Waals surface area contributed by atoms with Crippen molar-refractivity contribution < 1.29 is 18.4 Å². The van der Waals surface area contributed by atoms with Gasteiger partial charge in [0.05, 0.1) is 5.75 Å². The predicted molar refractivity (Wildman–Crippen MR) is 137 cm³/mol. The lowest BCUT2D eigenvalue weighted by Crippen LogP contribution is -2.21. The minimum Gasteiger partial charge on any atom is -0.411 e. The maximum atomic E-state index is 13.1. The number of thioether (sulfide) groups is 1. The van der Waals surface area contributed by atoms with Crippen LogP contribution in [-0.4, -0.2) is 32.3 Å². The van der Waals surface area contributed by atoms with Crippen molar-refractivity contribution in [2.24, 2.45) is 0 Å². The zero-order chi connectivity index (χ0) is 24.8. The van der Waals surface area contributed by atoms with E-state index in [9.17, 15) is 14.0 Å². The molecule has 0 spiro atoms. The van der Waals surface area contributed by atoms with Gasteiger partial charge in [0, 0.05) is 17.8 Å². The first-order chi connectivity index (χ1) is 16.9. The number of amides is 2. The van der Waals surface area contributed by atoms with Gasteiger partial charge in [0.25, 0.3) is 11.1 Å². The molecule has 35 heavy (non-hydrogen) atoms. The van der Waals surface area contributed by atoms with Crippen molar-refractivity contribution in [3.63, 3.8) is 0 Å². The fourth-order valence-corrected chi connectivity index (χ4v) is 4.88. The average molecular weight is 528 g/mol. The molecule has 2 N–H and O–H groups in total. The fourth-order valence-electron chi connectivity index (χ4n) is 2.99. The Morgan fingerprint density at radius 2 is 1.89 bits per heavy atom. The molecular weight excluding hydrogens is 509 g/mol. The molecule has 2 aromatic carbocycles. The molecule has 4 aromatic rings. The minimum atomic E-state index is -0.408.